The molecule has 134 valence electrons. The van der Waals surface area contributed by atoms with Crippen LogP contribution in [0.2, 0.25) is 0 Å². The largest absolute Gasteiger partial charge is 0.468 e. The Kier molecular flexibility index (Phi) is 6.14. The van der Waals surface area contributed by atoms with Crippen molar-refractivity contribution in [3.8, 4) is 6.07 Å². The zero-order chi connectivity index (χ0) is 19.3. The van der Waals surface area contributed by atoms with E-state index in [-0.39, 0.29) is 21.9 Å². The first-order chi connectivity index (χ1) is 12.5. The van der Waals surface area contributed by atoms with Crippen molar-refractivity contribution in [2.75, 3.05) is 12.9 Å². The molecule has 0 fully saturated rings. The monoisotopic (exact) mass is 373 g/mol. The molecule has 1 aliphatic heterocycles. The Labute approximate surface area is 153 Å². The first-order valence-electron chi connectivity index (χ1n) is 7.46. The molecule has 1 amide bonds. The van der Waals surface area contributed by atoms with Crippen LogP contribution in [0.15, 0.2) is 47.5 Å². The van der Waals surface area contributed by atoms with E-state index in [1.165, 1.54) is 18.2 Å². The van der Waals surface area contributed by atoms with Crippen molar-refractivity contribution in [2.24, 2.45) is 5.92 Å². The van der Waals surface area contributed by atoms with Crippen molar-refractivity contribution in [3.05, 3.63) is 63.2 Å². The number of benzene rings is 1. The van der Waals surface area contributed by atoms with Gasteiger partial charge in [0.15, 0.2) is 0 Å². The Bertz CT molecular complexity index is 843. The van der Waals surface area contributed by atoms with Crippen molar-refractivity contribution in [3.63, 3.8) is 0 Å². The van der Waals surface area contributed by atoms with Crippen LogP contribution in [0.25, 0.3) is 0 Å². The Morgan fingerprint density at radius 2 is 2.23 bits per heavy atom. The van der Waals surface area contributed by atoms with Crippen molar-refractivity contribution in [1.82, 2.24) is 5.32 Å². The van der Waals surface area contributed by atoms with E-state index in [1.54, 1.807) is 12.1 Å². The first kappa shape index (κ1) is 19.2. The lowest BCUT2D eigenvalue weighted by molar-refractivity contribution is -0.385. The summed E-state index contributed by atoms with van der Waals surface area (Å²) in [6.45, 7) is 3.58. The Balaban J connectivity index is 2.73. The van der Waals surface area contributed by atoms with Gasteiger partial charge >= 0.3 is 5.97 Å². The number of nitro benzene ring substituents is 1. The first-order valence-corrected chi connectivity index (χ1v) is 8.44. The summed E-state index contributed by atoms with van der Waals surface area (Å²) in [5, 5.41) is 23.9. The number of hydrogen-bond acceptors (Lipinski definition) is 7. The Hall–Kier alpha value is -3.12. The summed E-state index contributed by atoms with van der Waals surface area (Å²) in [7, 11) is 1.11. The van der Waals surface area contributed by atoms with E-state index in [2.05, 4.69) is 11.9 Å². The number of carbonyl (C=O) groups excluding carboxylic acids is 2. The van der Waals surface area contributed by atoms with E-state index in [9.17, 15) is 25.0 Å². The number of nitriles is 1. The minimum atomic E-state index is -1.40. The fraction of sp³-hybridized carbons (Fsp3) is 0.235. The number of allylic oxidation sites excluding steroid dienone is 1. The molecule has 1 aromatic carbocycles. The van der Waals surface area contributed by atoms with Crippen molar-refractivity contribution in [1.29, 1.82) is 5.26 Å². The Morgan fingerprint density at radius 1 is 1.54 bits per heavy atom. The number of nitrogens with one attached hydrogen (secondary N) is 1. The van der Waals surface area contributed by atoms with Crippen LogP contribution in [0.4, 0.5) is 5.69 Å². The van der Waals surface area contributed by atoms with Gasteiger partial charge in [-0.25, -0.2) is 0 Å². The summed E-state index contributed by atoms with van der Waals surface area (Å²) in [6.07, 6.45) is 1.59. The molecular weight excluding hydrogens is 358 g/mol. The average molecular weight is 373 g/mol. The number of methoxy groups -OCH3 is 1. The van der Waals surface area contributed by atoms with Gasteiger partial charge in [0.2, 0.25) is 5.91 Å². The van der Waals surface area contributed by atoms with Gasteiger partial charge in [0.25, 0.3) is 5.69 Å². The second kappa shape index (κ2) is 8.31. The van der Waals surface area contributed by atoms with Crippen molar-refractivity contribution in [2.45, 2.75) is 5.92 Å². The molecule has 0 spiro atoms. The topological polar surface area (TPSA) is 122 Å². The number of carbonyl (C=O) groups is 2. The third-order valence-electron chi connectivity index (χ3n) is 3.80. The standard InChI is InChI=1S/C17H15N3O5S/c1-3-8-26-16-11(9-18)13(14(15(21)19-16)17(22)25-2)10-6-4-5-7-12(10)20(23)24/h3-7,13-14H,1,8H2,2H3,(H,19,21)/t13-,14+/m0/s1. The lowest BCUT2D eigenvalue weighted by atomic mass is 9.78. The highest BCUT2D eigenvalue weighted by molar-refractivity contribution is 8.03. The molecule has 0 bridgehead atoms. The fourth-order valence-corrected chi connectivity index (χ4v) is 3.50. The van der Waals surface area contributed by atoms with Crippen LogP contribution in [0.5, 0.6) is 0 Å². The summed E-state index contributed by atoms with van der Waals surface area (Å²) in [4.78, 5) is 35.5. The molecule has 26 heavy (non-hydrogen) atoms. The molecule has 1 aliphatic rings. The van der Waals surface area contributed by atoms with E-state index in [1.807, 2.05) is 6.07 Å². The normalized spacial score (nSPS) is 19.3. The van der Waals surface area contributed by atoms with Crippen molar-refractivity contribution < 1.29 is 19.2 Å². The molecule has 0 unspecified atom stereocenters. The van der Waals surface area contributed by atoms with Crippen LogP contribution in [0, 0.1) is 27.4 Å². The van der Waals surface area contributed by atoms with Gasteiger partial charge in [-0.05, 0) is 0 Å². The number of para-hydroxylation sites is 1. The lowest BCUT2D eigenvalue weighted by Crippen LogP contribution is -2.44. The molecule has 0 saturated carbocycles. The smallest absolute Gasteiger partial charge is 0.319 e. The van der Waals surface area contributed by atoms with Crippen LogP contribution in [-0.4, -0.2) is 29.7 Å². The molecular formula is C17H15N3O5S. The number of nitrogens with zero attached hydrogens (tertiary/aromatic N) is 2. The van der Waals surface area contributed by atoms with Gasteiger partial charge in [-0.1, -0.05) is 24.3 Å². The van der Waals surface area contributed by atoms with Gasteiger partial charge in [-0.2, -0.15) is 5.26 Å². The molecule has 8 nitrogen and oxygen atoms in total. The highest BCUT2D eigenvalue weighted by atomic mass is 32.2. The van der Waals surface area contributed by atoms with E-state index < -0.39 is 28.6 Å². The fourth-order valence-electron chi connectivity index (χ4n) is 2.71. The summed E-state index contributed by atoms with van der Waals surface area (Å²) < 4.78 is 4.70. The molecule has 1 N–H and O–H groups in total. The van der Waals surface area contributed by atoms with Gasteiger partial charge in [0.1, 0.15) is 5.92 Å². The molecule has 2 rings (SSSR count). The molecule has 0 aliphatic carbocycles. The second-order valence-corrected chi connectivity index (χ2v) is 6.27. The van der Waals surface area contributed by atoms with Crippen LogP contribution < -0.4 is 5.32 Å². The molecule has 0 saturated heterocycles. The molecule has 0 radical (unpaired) electrons. The molecule has 0 aromatic heterocycles. The van der Waals surface area contributed by atoms with E-state index in [0.29, 0.717) is 5.75 Å². The predicted molar refractivity (Wildman–Crippen MR) is 94.8 cm³/mol. The molecule has 1 heterocycles. The number of hydrogen-bond donors (Lipinski definition) is 1. The molecule has 1 aromatic rings. The second-order valence-electron chi connectivity index (χ2n) is 5.24. The quantitative estimate of drug-likeness (QED) is 0.267. The molecule has 2 atom stereocenters. The van der Waals surface area contributed by atoms with Gasteiger partial charge in [-0.15, -0.1) is 18.3 Å². The van der Waals surface area contributed by atoms with Crippen LogP contribution in [0.3, 0.4) is 0 Å². The predicted octanol–water partition coefficient (Wildman–Crippen LogP) is 2.25. The van der Waals surface area contributed by atoms with Crippen molar-refractivity contribution >= 4 is 29.3 Å². The van der Waals surface area contributed by atoms with Gasteiger partial charge in [0, 0.05) is 17.4 Å². The SMILES string of the molecule is C=CCSC1=C(C#N)[C@H](c2ccccc2[N+](=O)[O-])[C@@H](C(=O)OC)C(=O)N1. The average Bonchev–Trinajstić information content (AvgIpc) is 2.64. The third kappa shape index (κ3) is 3.60. The maximum atomic E-state index is 12.5. The molecule has 9 heteroatoms. The minimum absolute atomic E-state index is 0.0705. The number of rotatable bonds is 6. The summed E-state index contributed by atoms with van der Waals surface area (Å²) in [5.74, 6) is -3.65. The highest BCUT2D eigenvalue weighted by Gasteiger charge is 2.46. The van der Waals surface area contributed by atoms with Gasteiger partial charge in [0.05, 0.1) is 34.6 Å². The number of thioether (sulfide) groups is 1. The minimum Gasteiger partial charge on any atom is -0.468 e. The van der Waals surface area contributed by atoms with E-state index in [4.69, 9.17) is 4.74 Å². The van der Waals surface area contributed by atoms with Gasteiger partial charge < -0.3 is 10.1 Å². The Morgan fingerprint density at radius 3 is 2.81 bits per heavy atom. The van der Waals surface area contributed by atoms with E-state index >= 15 is 0 Å². The maximum absolute atomic E-state index is 12.5. The number of nitro groups is 1. The number of esters is 1. The lowest BCUT2D eigenvalue weighted by Gasteiger charge is -2.30. The zero-order valence-electron chi connectivity index (χ0n) is 13.8. The summed E-state index contributed by atoms with van der Waals surface area (Å²) >= 11 is 1.15. The number of ether oxygens (including phenoxy) is 1. The van der Waals surface area contributed by atoms with Crippen LogP contribution >= 0.6 is 11.8 Å². The van der Waals surface area contributed by atoms with E-state index in [0.717, 1.165) is 18.9 Å². The number of amides is 1. The van der Waals surface area contributed by atoms with Crippen LogP contribution in [-0.2, 0) is 14.3 Å². The third-order valence-corrected chi connectivity index (χ3v) is 4.81. The van der Waals surface area contributed by atoms with Crippen LogP contribution in [0.1, 0.15) is 11.5 Å². The summed E-state index contributed by atoms with van der Waals surface area (Å²) in [5.41, 5.74) is -0.0981. The highest BCUT2D eigenvalue weighted by Crippen LogP contribution is 2.43. The zero-order valence-corrected chi connectivity index (χ0v) is 14.6. The summed E-state index contributed by atoms with van der Waals surface area (Å²) in [6, 6.07) is 7.71. The van der Waals surface area contributed by atoms with Gasteiger partial charge in [-0.3, -0.25) is 19.7 Å². The maximum Gasteiger partial charge on any atom is 0.319 e.